The number of aromatic nitrogens is 2. The van der Waals surface area contributed by atoms with Crippen molar-refractivity contribution in [3.8, 4) is 0 Å². The van der Waals surface area contributed by atoms with Gasteiger partial charge in [0.1, 0.15) is 0 Å². The van der Waals surface area contributed by atoms with Crippen molar-refractivity contribution < 1.29 is 4.79 Å². The molecular weight excluding hydrogens is 302 g/mol. The molecule has 0 fully saturated rings. The molecule has 1 aromatic heterocycles. The highest BCUT2D eigenvalue weighted by molar-refractivity contribution is 6.31. The minimum Gasteiger partial charge on any atom is -0.351 e. The maximum Gasteiger partial charge on any atom is 0.275 e. The zero-order chi connectivity index (χ0) is 16.3. The van der Waals surface area contributed by atoms with E-state index in [9.17, 15) is 9.59 Å². The molecule has 0 spiro atoms. The number of nitrogens with zero attached hydrogens (tertiary/aromatic N) is 2. The Hall–Kier alpha value is -1.88. The summed E-state index contributed by atoms with van der Waals surface area (Å²) in [6, 6.07) is 5.04. The lowest BCUT2D eigenvalue weighted by molar-refractivity contribution is 0.0944. The minimum absolute atomic E-state index is 0.0830. The van der Waals surface area contributed by atoms with Crippen molar-refractivity contribution >= 4 is 28.4 Å². The van der Waals surface area contributed by atoms with Crippen molar-refractivity contribution in [3.05, 3.63) is 39.1 Å². The van der Waals surface area contributed by atoms with Crippen LogP contribution in [-0.2, 0) is 6.54 Å². The zero-order valence-corrected chi connectivity index (χ0v) is 13.8. The summed E-state index contributed by atoms with van der Waals surface area (Å²) in [7, 11) is 0. The van der Waals surface area contributed by atoms with Crippen LogP contribution < -0.4 is 10.7 Å². The summed E-state index contributed by atoms with van der Waals surface area (Å²) in [5.41, 5.74) is 0.209. The van der Waals surface area contributed by atoms with E-state index in [2.05, 4.69) is 24.3 Å². The third-order valence-corrected chi connectivity index (χ3v) is 3.67. The standard InChI is InChI=1S/C16H20ClN3O2/c1-4-20-13-6-5-11(17)9-12(13)15(21)14(19-20)16(22)18-8-7-10(2)3/h5-6,9-10H,4,7-8H2,1-3H3,(H,18,22). The maximum atomic E-state index is 12.5. The summed E-state index contributed by atoms with van der Waals surface area (Å²) < 4.78 is 1.64. The van der Waals surface area contributed by atoms with Gasteiger partial charge in [0.05, 0.1) is 10.9 Å². The smallest absolute Gasteiger partial charge is 0.275 e. The van der Waals surface area contributed by atoms with Crippen molar-refractivity contribution in [3.63, 3.8) is 0 Å². The van der Waals surface area contributed by atoms with E-state index in [0.717, 1.165) is 6.42 Å². The Morgan fingerprint density at radius 2 is 2.14 bits per heavy atom. The van der Waals surface area contributed by atoms with Gasteiger partial charge in [0.2, 0.25) is 5.43 Å². The molecule has 0 aliphatic rings. The first-order chi connectivity index (χ1) is 10.4. The Labute approximate surface area is 134 Å². The summed E-state index contributed by atoms with van der Waals surface area (Å²) in [6.45, 7) is 7.15. The van der Waals surface area contributed by atoms with Crippen molar-refractivity contribution in [2.45, 2.75) is 33.7 Å². The van der Waals surface area contributed by atoms with Crippen LogP contribution in [0.3, 0.4) is 0 Å². The number of hydrogen-bond acceptors (Lipinski definition) is 3. The number of amides is 1. The van der Waals surface area contributed by atoms with Gasteiger partial charge in [0.25, 0.3) is 5.91 Å². The molecular formula is C16H20ClN3O2. The van der Waals surface area contributed by atoms with Crippen LogP contribution in [0.1, 0.15) is 37.7 Å². The number of halogens is 1. The molecule has 1 heterocycles. The van der Waals surface area contributed by atoms with Crippen LogP contribution in [0.2, 0.25) is 5.02 Å². The summed E-state index contributed by atoms with van der Waals surface area (Å²) in [6.07, 6.45) is 0.854. The maximum absolute atomic E-state index is 12.5. The van der Waals surface area contributed by atoms with Gasteiger partial charge in [-0.05, 0) is 37.5 Å². The van der Waals surface area contributed by atoms with E-state index in [1.807, 2.05) is 6.92 Å². The second-order valence-corrected chi connectivity index (χ2v) is 6.03. The van der Waals surface area contributed by atoms with Gasteiger partial charge >= 0.3 is 0 Å². The highest BCUT2D eigenvalue weighted by Gasteiger charge is 2.17. The van der Waals surface area contributed by atoms with Crippen LogP contribution in [0.5, 0.6) is 0 Å². The average molecular weight is 322 g/mol. The Bertz CT molecular complexity index is 753. The third kappa shape index (κ3) is 3.47. The summed E-state index contributed by atoms with van der Waals surface area (Å²) >= 11 is 5.97. The van der Waals surface area contributed by atoms with Crippen molar-refractivity contribution in [2.75, 3.05) is 6.54 Å². The Kier molecular flexibility index (Phi) is 5.19. The summed E-state index contributed by atoms with van der Waals surface area (Å²) in [5.74, 6) is 0.0469. The predicted octanol–water partition coefficient (Wildman–Crippen LogP) is 2.85. The molecule has 0 aliphatic heterocycles. The van der Waals surface area contributed by atoms with Gasteiger partial charge in [-0.25, -0.2) is 0 Å². The molecule has 2 aromatic rings. The molecule has 118 valence electrons. The predicted molar refractivity (Wildman–Crippen MR) is 88.5 cm³/mol. The Morgan fingerprint density at radius 3 is 2.77 bits per heavy atom. The largest absolute Gasteiger partial charge is 0.351 e. The number of nitrogens with one attached hydrogen (secondary N) is 1. The molecule has 0 atom stereocenters. The second-order valence-electron chi connectivity index (χ2n) is 5.59. The molecule has 0 aliphatic carbocycles. The van der Waals surface area contributed by atoms with Crippen LogP contribution in [0.25, 0.3) is 10.9 Å². The van der Waals surface area contributed by atoms with Gasteiger partial charge < -0.3 is 5.32 Å². The molecule has 0 radical (unpaired) electrons. The number of benzene rings is 1. The average Bonchev–Trinajstić information content (AvgIpc) is 2.47. The van der Waals surface area contributed by atoms with E-state index in [0.29, 0.717) is 34.9 Å². The number of hydrogen-bond donors (Lipinski definition) is 1. The van der Waals surface area contributed by atoms with Crippen LogP contribution in [0, 0.1) is 5.92 Å². The molecule has 6 heteroatoms. The number of carbonyl (C=O) groups excluding carboxylic acids is 1. The monoisotopic (exact) mass is 321 g/mol. The van der Waals surface area contributed by atoms with E-state index >= 15 is 0 Å². The molecule has 5 nitrogen and oxygen atoms in total. The minimum atomic E-state index is -0.435. The fourth-order valence-corrected chi connectivity index (χ4v) is 2.38. The summed E-state index contributed by atoms with van der Waals surface area (Å²) in [4.78, 5) is 24.7. The first-order valence-electron chi connectivity index (χ1n) is 7.42. The van der Waals surface area contributed by atoms with Crippen molar-refractivity contribution in [1.82, 2.24) is 15.1 Å². The first kappa shape index (κ1) is 16.5. The number of carbonyl (C=O) groups is 1. The molecule has 0 unspecified atom stereocenters. The highest BCUT2D eigenvalue weighted by Crippen LogP contribution is 2.16. The molecule has 22 heavy (non-hydrogen) atoms. The van der Waals surface area contributed by atoms with Gasteiger partial charge in [0, 0.05) is 18.1 Å². The number of rotatable bonds is 5. The lowest BCUT2D eigenvalue weighted by Gasteiger charge is -2.11. The zero-order valence-electron chi connectivity index (χ0n) is 13.0. The van der Waals surface area contributed by atoms with E-state index < -0.39 is 5.91 Å². The van der Waals surface area contributed by atoms with E-state index in [-0.39, 0.29) is 11.1 Å². The quantitative estimate of drug-likeness (QED) is 0.921. The van der Waals surface area contributed by atoms with E-state index in [1.165, 1.54) is 0 Å². The van der Waals surface area contributed by atoms with Crippen molar-refractivity contribution in [2.24, 2.45) is 5.92 Å². The highest BCUT2D eigenvalue weighted by atomic mass is 35.5. The van der Waals surface area contributed by atoms with Crippen LogP contribution in [-0.4, -0.2) is 22.2 Å². The normalized spacial score (nSPS) is 11.1. The second kappa shape index (κ2) is 6.92. The van der Waals surface area contributed by atoms with Crippen molar-refractivity contribution in [1.29, 1.82) is 0 Å². The molecule has 1 aromatic carbocycles. The molecule has 0 bridgehead atoms. The summed E-state index contributed by atoms with van der Waals surface area (Å²) in [5, 5.41) is 7.83. The molecule has 0 saturated carbocycles. The number of aryl methyl sites for hydroxylation is 1. The van der Waals surface area contributed by atoms with Crippen LogP contribution in [0.15, 0.2) is 23.0 Å². The van der Waals surface area contributed by atoms with Gasteiger partial charge in [-0.15, -0.1) is 0 Å². The van der Waals surface area contributed by atoms with Gasteiger partial charge in [-0.3, -0.25) is 14.3 Å². The van der Waals surface area contributed by atoms with Crippen LogP contribution >= 0.6 is 11.6 Å². The molecule has 1 amide bonds. The van der Waals surface area contributed by atoms with Gasteiger partial charge in [-0.1, -0.05) is 25.4 Å². The van der Waals surface area contributed by atoms with Crippen LogP contribution in [0.4, 0.5) is 0 Å². The fraction of sp³-hybridized carbons (Fsp3) is 0.438. The lowest BCUT2D eigenvalue weighted by atomic mass is 10.1. The topological polar surface area (TPSA) is 64.0 Å². The number of fused-ring (bicyclic) bond motifs is 1. The third-order valence-electron chi connectivity index (χ3n) is 3.44. The van der Waals surface area contributed by atoms with E-state index in [1.54, 1.807) is 22.9 Å². The Morgan fingerprint density at radius 1 is 1.41 bits per heavy atom. The van der Waals surface area contributed by atoms with Gasteiger partial charge in [-0.2, -0.15) is 5.10 Å². The fourth-order valence-electron chi connectivity index (χ4n) is 2.21. The molecule has 1 N–H and O–H groups in total. The molecule has 2 rings (SSSR count). The Balaban J connectivity index is 2.43. The lowest BCUT2D eigenvalue weighted by Crippen LogP contribution is -2.33. The first-order valence-corrected chi connectivity index (χ1v) is 7.80. The van der Waals surface area contributed by atoms with Gasteiger partial charge in [0.15, 0.2) is 5.69 Å². The van der Waals surface area contributed by atoms with E-state index in [4.69, 9.17) is 11.6 Å². The SMILES string of the molecule is CCn1nc(C(=O)NCCC(C)C)c(=O)c2cc(Cl)ccc21. The molecule has 0 saturated heterocycles.